The monoisotopic (exact) mass is 814 g/mol. The number of H-pyrrole nitrogens is 2. The maximum atomic E-state index is 9.39. The Bertz CT molecular complexity index is 2040. The molecule has 56 heavy (non-hydrogen) atoms. The molecule has 2 aliphatic rings. The van der Waals surface area contributed by atoms with Crippen molar-refractivity contribution in [1.29, 1.82) is 0 Å². The second-order valence-corrected chi connectivity index (χ2v) is 15.0. The lowest BCUT2D eigenvalue weighted by Gasteiger charge is -2.19. The average molecular weight is 816 g/mol. The highest BCUT2D eigenvalue weighted by Crippen LogP contribution is 2.37. The second kappa shape index (κ2) is 22.6. The molecule has 0 fully saturated rings. The summed E-state index contributed by atoms with van der Waals surface area (Å²) in [6.07, 6.45) is 20.7. The first-order valence-electron chi connectivity index (χ1n) is 19.5. The minimum Gasteiger partial charge on any atom is -0.396 e. The van der Waals surface area contributed by atoms with E-state index in [4.69, 9.17) is 32.9 Å². The van der Waals surface area contributed by atoms with Crippen LogP contribution in [0.3, 0.4) is 0 Å². The van der Waals surface area contributed by atoms with Crippen molar-refractivity contribution < 1.29 is 9.84 Å². The maximum Gasteiger partial charge on any atom is 0.0921 e. The number of hydrogen-bond donors (Lipinski definition) is 3. The fourth-order valence-electron chi connectivity index (χ4n) is 7.69. The lowest BCUT2D eigenvalue weighted by molar-refractivity contribution is 0.126. The molecule has 2 atom stereocenters. The second-order valence-electron chi connectivity index (χ2n) is 14.2. The quantitative estimate of drug-likeness (QED) is 0.0838. The van der Waals surface area contributed by atoms with Gasteiger partial charge < -0.3 is 19.8 Å². The van der Waals surface area contributed by atoms with Gasteiger partial charge in [-0.15, -0.1) is 24.0 Å². The highest BCUT2D eigenvalue weighted by Gasteiger charge is 2.26. The van der Waals surface area contributed by atoms with E-state index < -0.39 is 0 Å². The fraction of sp³-hybridized carbons (Fsp3) is 0.378. The molecule has 6 aromatic rings. The predicted octanol–water partition coefficient (Wildman–Crippen LogP) is 9.73. The van der Waals surface area contributed by atoms with Crippen LogP contribution in [0.5, 0.6) is 0 Å². The van der Waals surface area contributed by atoms with Crippen molar-refractivity contribution in [2.45, 2.75) is 83.0 Å². The molecular formula is C45H53Cl3N6O2. The number of rotatable bonds is 12. The smallest absolute Gasteiger partial charge is 0.0921 e. The van der Waals surface area contributed by atoms with Crippen molar-refractivity contribution in [3.8, 4) is 0 Å². The largest absolute Gasteiger partial charge is 0.396 e. The summed E-state index contributed by atoms with van der Waals surface area (Å²) in [6, 6.07) is 21.4. The standard InChI is InChI=1S/C22H24ClN3O.C17H19NO.C6H9ClN2.ClH/c23-18-7-8-20-17(13-18)6-5-16-3-1-10-25-22(16)21(20)9-12-27-11-2-4-19-14-24-15-26-19;1-12-4-7-15-14(11-12)6-5-13-3-2-9-18-17(13)16(15)8-10-19;7-3-1-2-6-4-8-5-9-6;/h1,3,7-8,10,13-15,21H,2,4-6,9,11-12H2,(H,24,26);2-4,7,9,11,16,19H,5-6,8,10H2,1H3;4-5H,1-3H2,(H,8,9);1H. The van der Waals surface area contributed by atoms with Crippen LogP contribution in [0, 0.1) is 6.92 Å². The maximum absolute atomic E-state index is 9.39. The number of ether oxygens (including phenoxy) is 1. The van der Waals surface area contributed by atoms with Gasteiger partial charge in [0.05, 0.1) is 24.0 Å². The number of halogens is 3. The molecule has 11 heteroatoms. The minimum atomic E-state index is 0. The van der Waals surface area contributed by atoms with Crippen LogP contribution in [0.15, 0.2) is 98.1 Å². The van der Waals surface area contributed by atoms with Crippen LogP contribution in [0.4, 0.5) is 0 Å². The molecule has 0 saturated heterocycles. The van der Waals surface area contributed by atoms with Gasteiger partial charge in [-0.05, 0) is 129 Å². The Morgan fingerprint density at radius 3 is 1.88 bits per heavy atom. The number of nitrogens with zero attached hydrogens (tertiary/aromatic N) is 4. The Morgan fingerprint density at radius 1 is 0.714 bits per heavy atom. The first kappa shape index (κ1) is 43.1. The number of hydrogen-bond acceptors (Lipinski definition) is 6. The number of imidazole rings is 2. The van der Waals surface area contributed by atoms with Crippen molar-refractivity contribution in [2.24, 2.45) is 0 Å². The summed E-state index contributed by atoms with van der Waals surface area (Å²) in [5.41, 5.74) is 14.1. The van der Waals surface area contributed by atoms with E-state index in [-0.39, 0.29) is 30.8 Å². The van der Waals surface area contributed by atoms with Crippen LogP contribution in [-0.4, -0.2) is 60.7 Å². The molecule has 2 unspecified atom stereocenters. The molecule has 0 amide bonds. The third-order valence-electron chi connectivity index (χ3n) is 10.4. The number of aliphatic hydroxyl groups excluding tert-OH is 1. The molecule has 0 aliphatic heterocycles. The number of nitrogens with one attached hydrogen (secondary N) is 2. The van der Waals surface area contributed by atoms with Crippen LogP contribution in [0.1, 0.15) is 99.2 Å². The molecule has 0 saturated carbocycles. The topological polar surface area (TPSA) is 113 Å². The number of fused-ring (bicyclic) bond motifs is 4. The molecule has 4 aromatic heterocycles. The number of pyridine rings is 2. The van der Waals surface area contributed by atoms with Gasteiger partial charge >= 0.3 is 0 Å². The van der Waals surface area contributed by atoms with Gasteiger partial charge in [0.2, 0.25) is 0 Å². The van der Waals surface area contributed by atoms with Gasteiger partial charge in [-0.25, -0.2) is 9.97 Å². The number of aromatic nitrogens is 6. The number of alkyl halides is 1. The molecule has 0 radical (unpaired) electrons. The van der Waals surface area contributed by atoms with E-state index in [0.717, 1.165) is 105 Å². The lowest BCUT2D eigenvalue weighted by atomic mass is 9.88. The first-order valence-corrected chi connectivity index (χ1v) is 20.4. The summed E-state index contributed by atoms with van der Waals surface area (Å²) >= 11 is 11.7. The third kappa shape index (κ3) is 12.0. The first-order chi connectivity index (χ1) is 27.0. The van der Waals surface area contributed by atoms with Crippen LogP contribution in [0.25, 0.3) is 0 Å². The van der Waals surface area contributed by atoms with Crippen molar-refractivity contribution in [2.75, 3.05) is 25.7 Å². The Balaban J connectivity index is 0.000000179. The van der Waals surface area contributed by atoms with Gasteiger partial charge in [0, 0.05) is 78.7 Å². The summed E-state index contributed by atoms with van der Waals surface area (Å²) in [4.78, 5) is 23.4. The zero-order chi connectivity index (χ0) is 38.2. The van der Waals surface area contributed by atoms with Gasteiger partial charge in [0.1, 0.15) is 0 Å². The van der Waals surface area contributed by atoms with Gasteiger partial charge in [-0.2, -0.15) is 0 Å². The SMILES string of the molecule is Cc1ccc2c(c1)CCc1cccnc1C2CCO.Cl.ClCCCc1cnc[nH]1.Clc1ccc2c(c1)CCc1cccnc1C2CCOCCCc1cnc[nH]1. The average Bonchev–Trinajstić information content (AvgIpc) is 3.89. The Hall–Kier alpha value is -4.05. The van der Waals surface area contributed by atoms with E-state index in [1.54, 1.807) is 12.7 Å². The van der Waals surface area contributed by atoms with E-state index in [9.17, 15) is 5.11 Å². The zero-order valence-corrected chi connectivity index (χ0v) is 34.4. The van der Waals surface area contributed by atoms with Crippen molar-refractivity contribution in [3.05, 3.63) is 165 Å². The Labute approximate surface area is 347 Å². The summed E-state index contributed by atoms with van der Waals surface area (Å²) in [5, 5.41) is 10.2. The van der Waals surface area contributed by atoms with E-state index >= 15 is 0 Å². The highest BCUT2D eigenvalue weighted by atomic mass is 35.5. The van der Waals surface area contributed by atoms with Crippen LogP contribution < -0.4 is 0 Å². The molecule has 2 aliphatic carbocycles. The number of aromatic amines is 2. The van der Waals surface area contributed by atoms with Crippen LogP contribution in [0.2, 0.25) is 5.02 Å². The lowest BCUT2D eigenvalue weighted by Crippen LogP contribution is -2.10. The molecule has 8 rings (SSSR count). The summed E-state index contributed by atoms with van der Waals surface area (Å²) in [5.74, 6) is 1.22. The molecule has 8 nitrogen and oxygen atoms in total. The molecule has 2 aromatic carbocycles. The number of aryl methyl sites for hydroxylation is 7. The molecule has 3 N–H and O–H groups in total. The summed E-state index contributed by atoms with van der Waals surface area (Å²) in [7, 11) is 0. The third-order valence-corrected chi connectivity index (χ3v) is 10.9. The van der Waals surface area contributed by atoms with E-state index in [0.29, 0.717) is 0 Å². The van der Waals surface area contributed by atoms with Crippen molar-refractivity contribution in [3.63, 3.8) is 0 Å². The van der Waals surface area contributed by atoms with Gasteiger partial charge in [-0.1, -0.05) is 53.6 Å². The number of aliphatic hydroxyl groups is 1. The summed E-state index contributed by atoms with van der Waals surface area (Å²) in [6.45, 7) is 3.83. The molecule has 4 heterocycles. The molecule has 0 bridgehead atoms. The van der Waals surface area contributed by atoms with E-state index in [1.807, 2.05) is 43.0 Å². The van der Waals surface area contributed by atoms with E-state index in [1.165, 1.54) is 44.6 Å². The summed E-state index contributed by atoms with van der Waals surface area (Å²) < 4.78 is 5.94. The van der Waals surface area contributed by atoms with Gasteiger partial charge in [0.15, 0.2) is 0 Å². The van der Waals surface area contributed by atoms with Crippen LogP contribution in [-0.2, 0) is 43.3 Å². The van der Waals surface area contributed by atoms with Crippen molar-refractivity contribution >= 4 is 35.6 Å². The van der Waals surface area contributed by atoms with Crippen molar-refractivity contribution in [1.82, 2.24) is 29.9 Å². The van der Waals surface area contributed by atoms with Gasteiger partial charge in [0.25, 0.3) is 0 Å². The Morgan fingerprint density at radius 2 is 1.29 bits per heavy atom. The molecule has 296 valence electrons. The zero-order valence-electron chi connectivity index (χ0n) is 32.1. The highest BCUT2D eigenvalue weighted by molar-refractivity contribution is 6.30. The molecule has 0 spiro atoms. The molecular weight excluding hydrogens is 763 g/mol. The Kier molecular flexibility index (Phi) is 17.4. The van der Waals surface area contributed by atoms with Gasteiger partial charge in [-0.3, -0.25) is 9.97 Å². The normalized spacial score (nSPS) is 15.1. The fourth-order valence-corrected chi connectivity index (χ4v) is 8.02. The minimum absolute atomic E-state index is 0. The number of benzene rings is 2. The van der Waals surface area contributed by atoms with Crippen LogP contribution >= 0.6 is 35.6 Å². The predicted molar refractivity (Wildman–Crippen MR) is 229 cm³/mol. The van der Waals surface area contributed by atoms with E-state index in [2.05, 4.69) is 74.3 Å².